The van der Waals surface area contributed by atoms with Crippen LogP contribution in [0.25, 0.3) is 0 Å². The van der Waals surface area contributed by atoms with Crippen LogP contribution in [0.5, 0.6) is 0 Å². The molecule has 7 nitrogen and oxygen atoms in total. The molecule has 1 N–H and O–H groups in total. The second kappa shape index (κ2) is 8.99. The van der Waals surface area contributed by atoms with Crippen molar-refractivity contribution in [3.05, 3.63) is 35.4 Å². The van der Waals surface area contributed by atoms with Crippen molar-refractivity contribution in [2.45, 2.75) is 57.8 Å². The van der Waals surface area contributed by atoms with E-state index in [-0.39, 0.29) is 12.3 Å². The lowest BCUT2D eigenvalue weighted by atomic mass is 10.0. The van der Waals surface area contributed by atoms with Crippen molar-refractivity contribution in [2.75, 3.05) is 13.7 Å². The van der Waals surface area contributed by atoms with Crippen molar-refractivity contribution in [2.24, 2.45) is 0 Å². The van der Waals surface area contributed by atoms with E-state index in [0.717, 1.165) is 12.0 Å². The molecule has 1 saturated heterocycles. The van der Waals surface area contributed by atoms with E-state index in [0.29, 0.717) is 18.6 Å². The predicted molar refractivity (Wildman–Crippen MR) is 98.2 cm³/mol. The van der Waals surface area contributed by atoms with Crippen LogP contribution >= 0.6 is 0 Å². The summed E-state index contributed by atoms with van der Waals surface area (Å²) >= 11 is 0. The number of esters is 2. The fourth-order valence-electron chi connectivity index (χ4n) is 2.73. The summed E-state index contributed by atoms with van der Waals surface area (Å²) < 4.78 is 15.5. The SMILES string of the molecule is COC(=O)[C@@H](Cc1ccc(C(=O)OC(C)(C)C)cc1)NC(=O)[C@H]1CCCO1. The van der Waals surface area contributed by atoms with E-state index in [9.17, 15) is 14.4 Å². The van der Waals surface area contributed by atoms with Gasteiger partial charge in [-0.2, -0.15) is 0 Å². The number of rotatable bonds is 6. The Kier molecular flexibility index (Phi) is 6.96. The van der Waals surface area contributed by atoms with Crippen molar-refractivity contribution in [1.29, 1.82) is 0 Å². The minimum absolute atomic E-state index is 0.250. The van der Waals surface area contributed by atoms with Crippen LogP contribution in [0.2, 0.25) is 0 Å². The number of carbonyl (C=O) groups is 3. The number of benzene rings is 1. The summed E-state index contributed by atoms with van der Waals surface area (Å²) in [5.74, 6) is -1.25. The van der Waals surface area contributed by atoms with Gasteiger partial charge in [0.05, 0.1) is 12.7 Å². The Morgan fingerprint density at radius 1 is 1.22 bits per heavy atom. The molecule has 0 radical (unpaired) electrons. The maximum absolute atomic E-state index is 12.2. The quantitative estimate of drug-likeness (QED) is 0.763. The molecule has 1 aliphatic heterocycles. The van der Waals surface area contributed by atoms with Gasteiger partial charge in [-0.25, -0.2) is 9.59 Å². The van der Waals surface area contributed by atoms with Crippen LogP contribution in [0.1, 0.15) is 49.5 Å². The third-order valence-corrected chi connectivity index (χ3v) is 4.05. The van der Waals surface area contributed by atoms with Crippen LogP contribution in [0.15, 0.2) is 24.3 Å². The molecular weight excluding hydrogens is 350 g/mol. The number of hydrogen-bond donors (Lipinski definition) is 1. The molecule has 1 aliphatic rings. The lowest BCUT2D eigenvalue weighted by Gasteiger charge is -2.20. The van der Waals surface area contributed by atoms with Gasteiger partial charge < -0.3 is 19.5 Å². The van der Waals surface area contributed by atoms with Gasteiger partial charge in [-0.15, -0.1) is 0 Å². The van der Waals surface area contributed by atoms with E-state index in [2.05, 4.69) is 5.32 Å². The Bertz CT molecular complexity index is 671. The average Bonchev–Trinajstić information content (AvgIpc) is 3.14. The van der Waals surface area contributed by atoms with Crippen LogP contribution in [-0.2, 0) is 30.2 Å². The van der Waals surface area contributed by atoms with E-state index >= 15 is 0 Å². The smallest absolute Gasteiger partial charge is 0.338 e. The third kappa shape index (κ3) is 6.36. The Hall–Kier alpha value is -2.41. The zero-order valence-corrected chi connectivity index (χ0v) is 16.2. The van der Waals surface area contributed by atoms with Gasteiger partial charge in [0.15, 0.2) is 0 Å². The Morgan fingerprint density at radius 3 is 2.41 bits per heavy atom. The fourth-order valence-corrected chi connectivity index (χ4v) is 2.73. The monoisotopic (exact) mass is 377 g/mol. The maximum atomic E-state index is 12.2. The first kappa shape index (κ1) is 20.9. The minimum Gasteiger partial charge on any atom is -0.467 e. The molecule has 2 rings (SSSR count). The summed E-state index contributed by atoms with van der Waals surface area (Å²) in [6.45, 7) is 5.96. The largest absolute Gasteiger partial charge is 0.467 e. The van der Waals surface area contributed by atoms with E-state index < -0.39 is 29.7 Å². The highest BCUT2D eigenvalue weighted by molar-refractivity contribution is 5.90. The summed E-state index contributed by atoms with van der Waals surface area (Å²) in [6, 6.07) is 5.92. The molecule has 1 aromatic carbocycles. The topological polar surface area (TPSA) is 90.9 Å². The maximum Gasteiger partial charge on any atom is 0.338 e. The molecule has 7 heteroatoms. The second-order valence-corrected chi connectivity index (χ2v) is 7.49. The molecule has 27 heavy (non-hydrogen) atoms. The van der Waals surface area contributed by atoms with Gasteiger partial charge in [0.1, 0.15) is 17.7 Å². The van der Waals surface area contributed by atoms with Crippen LogP contribution in [0.4, 0.5) is 0 Å². The number of nitrogens with one attached hydrogen (secondary N) is 1. The van der Waals surface area contributed by atoms with Crippen molar-refractivity contribution in [3.8, 4) is 0 Å². The molecule has 0 unspecified atom stereocenters. The molecule has 0 bridgehead atoms. The number of hydrogen-bond acceptors (Lipinski definition) is 6. The fraction of sp³-hybridized carbons (Fsp3) is 0.550. The lowest BCUT2D eigenvalue weighted by molar-refractivity contribution is -0.146. The minimum atomic E-state index is -0.820. The van der Waals surface area contributed by atoms with Crippen LogP contribution < -0.4 is 5.32 Å². The third-order valence-electron chi connectivity index (χ3n) is 4.05. The normalized spacial score (nSPS) is 17.9. The molecule has 1 aromatic rings. The van der Waals surface area contributed by atoms with Crippen molar-refractivity contribution in [3.63, 3.8) is 0 Å². The van der Waals surface area contributed by atoms with E-state index in [4.69, 9.17) is 14.2 Å². The lowest BCUT2D eigenvalue weighted by Crippen LogP contribution is -2.47. The van der Waals surface area contributed by atoms with Crippen molar-refractivity contribution in [1.82, 2.24) is 5.32 Å². The number of amides is 1. The number of carbonyl (C=O) groups excluding carboxylic acids is 3. The Morgan fingerprint density at radius 2 is 1.89 bits per heavy atom. The van der Waals surface area contributed by atoms with E-state index in [1.54, 1.807) is 45.0 Å². The van der Waals surface area contributed by atoms with Gasteiger partial charge in [0.25, 0.3) is 0 Å². The second-order valence-electron chi connectivity index (χ2n) is 7.49. The molecule has 0 aliphatic carbocycles. The highest BCUT2D eigenvalue weighted by atomic mass is 16.6. The summed E-state index contributed by atoms with van der Waals surface area (Å²) in [6.07, 6.45) is 1.20. The molecule has 1 amide bonds. The molecular formula is C20H27NO6. The first-order chi connectivity index (χ1) is 12.7. The average molecular weight is 377 g/mol. The molecule has 0 spiro atoms. The van der Waals surface area contributed by atoms with Crippen LogP contribution in [0, 0.1) is 0 Å². The first-order valence-electron chi connectivity index (χ1n) is 9.01. The van der Waals surface area contributed by atoms with Gasteiger partial charge >= 0.3 is 11.9 Å². The Labute approximate surface area is 159 Å². The Balaban J connectivity index is 2.03. The summed E-state index contributed by atoms with van der Waals surface area (Å²) in [7, 11) is 1.28. The van der Waals surface area contributed by atoms with Crippen LogP contribution in [-0.4, -0.2) is 49.3 Å². The highest BCUT2D eigenvalue weighted by Gasteiger charge is 2.29. The molecule has 1 heterocycles. The molecule has 2 atom stereocenters. The number of methoxy groups -OCH3 is 1. The highest BCUT2D eigenvalue weighted by Crippen LogP contribution is 2.15. The van der Waals surface area contributed by atoms with Crippen molar-refractivity contribution >= 4 is 17.8 Å². The zero-order valence-electron chi connectivity index (χ0n) is 16.2. The van der Waals surface area contributed by atoms with Gasteiger partial charge in [-0.3, -0.25) is 4.79 Å². The van der Waals surface area contributed by atoms with Gasteiger partial charge in [0.2, 0.25) is 5.91 Å². The predicted octanol–water partition coefficient (Wildman–Crippen LogP) is 2.02. The zero-order chi connectivity index (χ0) is 20.0. The summed E-state index contributed by atoms with van der Waals surface area (Å²) in [5, 5.41) is 2.70. The summed E-state index contributed by atoms with van der Waals surface area (Å²) in [4.78, 5) is 36.4. The first-order valence-corrected chi connectivity index (χ1v) is 9.01. The van der Waals surface area contributed by atoms with Gasteiger partial charge in [0, 0.05) is 13.0 Å². The standard InChI is InChI=1S/C20H27NO6/c1-20(2,3)27-18(23)14-9-7-13(8-10-14)12-15(19(24)25-4)21-17(22)16-6-5-11-26-16/h7-10,15-16H,5-6,11-12H2,1-4H3,(H,21,22)/t15-,16-/m1/s1. The van der Waals surface area contributed by atoms with Crippen molar-refractivity contribution < 1.29 is 28.6 Å². The molecule has 148 valence electrons. The molecule has 0 aromatic heterocycles. The van der Waals surface area contributed by atoms with E-state index in [1.165, 1.54) is 7.11 Å². The van der Waals surface area contributed by atoms with Gasteiger partial charge in [-0.1, -0.05) is 12.1 Å². The molecule has 1 fully saturated rings. The number of ether oxygens (including phenoxy) is 3. The van der Waals surface area contributed by atoms with Crippen LogP contribution in [0.3, 0.4) is 0 Å². The summed E-state index contributed by atoms with van der Waals surface area (Å²) in [5.41, 5.74) is 0.634. The van der Waals surface area contributed by atoms with Gasteiger partial charge in [-0.05, 0) is 51.3 Å². The molecule has 0 saturated carbocycles. The van der Waals surface area contributed by atoms with E-state index in [1.807, 2.05) is 0 Å².